The number of hydrogen-bond acceptors (Lipinski definition) is 5. The zero-order valence-corrected chi connectivity index (χ0v) is 16.9. The highest BCUT2D eigenvalue weighted by molar-refractivity contribution is 5.79. The minimum atomic E-state index is -4.69. The molecule has 1 aliphatic heterocycles. The number of nitrogens with one attached hydrogen (secondary N) is 1. The molecule has 6 nitrogen and oxygen atoms in total. The van der Waals surface area contributed by atoms with Crippen molar-refractivity contribution in [1.82, 2.24) is 15.1 Å². The first-order valence-corrected chi connectivity index (χ1v) is 9.52. The Morgan fingerprint density at radius 2 is 1.72 bits per heavy atom. The van der Waals surface area contributed by atoms with E-state index in [1.54, 1.807) is 19.1 Å². The first-order chi connectivity index (χ1) is 13.5. The molecule has 0 radical (unpaired) electrons. The second-order valence-electron chi connectivity index (χ2n) is 7.76. The monoisotopic (exact) mass is 412 g/mol. The summed E-state index contributed by atoms with van der Waals surface area (Å²) in [7, 11) is 0. The smallest absolute Gasteiger partial charge is 0.406 e. The highest BCUT2D eigenvalue weighted by atomic mass is 19.4. The quantitative estimate of drug-likeness (QED) is 0.746. The molecule has 1 aromatic rings. The van der Waals surface area contributed by atoms with Gasteiger partial charge in [0, 0.05) is 32.7 Å². The molecular weight excluding hydrogens is 385 g/mol. The van der Waals surface area contributed by atoms with Gasteiger partial charge in [0.2, 0.25) is 5.91 Å². The van der Waals surface area contributed by atoms with Crippen LogP contribution in [-0.2, 0) is 11.3 Å². The molecule has 0 saturated carbocycles. The van der Waals surface area contributed by atoms with Gasteiger partial charge in [0.15, 0.2) is 0 Å². The van der Waals surface area contributed by atoms with E-state index in [4.69, 9.17) is 0 Å². The number of nitriles is 1. The van der Waals surface area contributed by atoms with Crippen molar-refractivity contribution in [3.8, 4) is 11.8 Å². The molecule has 0 spiro atoms. The molecule has 2 rings (SSSR count). The van der Waals surface area contributed by atoms with Crippen LogP contribution in [0.2, 0.25) is 0 Å². The van der Waals surface area contributed by atoms with Gasteiger partial charge < -0.3 is 10.1 Å². The fraction of sp³-hybridized carbons (Fsp3) is 0.600. The molecular formula is C20H27F3N4O2. The predicted octanol–water partition coefficient (Wildman–Crippen LogP) is 2.76. The van der Waals surface area contributed by atoms with Crippen LogP contribution in [0.4, 0.5) is 13.2 Å². The van der Waals surface area contributed by atoms with Gasteiger partial charge in [-0.25, -0.2) is 0 Å². The number of carbonyl (C=O) groups excluding carboxylic acids is 1. The number of halogens is 3. The molecule has 1 heterocycles. The number of benzene rings is 1. The number of nitrogens with zero attached hydrogens (tertiary/aromatic N) is 3. The van der Waals surface area contributed by atoms with Crippen molar-refractivity contribution < 1.29 is 22.7 Å². The van der Waals surface area contributed by atoms with Gasteiger partial charge in [-0.3, -0.25) is 14.6 Å². The number of hydrogen-bond donors (Lipinski definition) is 1. The summed E-state index contributed by atoms with van der Waals surface area (Å²) in [6.07, 6.45) is -4.69. The van der Waals surface area contributed by atoms with Gasteiger partial charge >= 0.3 is 6.36 Å². The number of carbonyl (C=O) groups is 1. The second-order valence-corrected chi connectivity index (χ2v) is 7.76. The number of amides is 1. The van der Waals surface area contributed by atoms with Crippen LogP contribution in [0.15, 0.2) is 24.3 Å². The first kappa shape index (κ1) is 23.0. The SMILES string of the molecule is CC(C)[C@@](C)(C#N)NC(=O)CN1CCN(Cc2ccc(OC(F)(F)F)cc2)CC1. The van der Waals surface area contributed by atoms with E-state index in [1.165, 1.54) is 12.1 Å². The van der Waals surface area contributed by atoms with Crippen LogP contribution in [-0.4, -0.2) is 60.3 Å². The summed E-state index contributed by atoms with van der Waals surface area (Å²) in [5, 5.41) is 12.1. The largest absolute Gasteiger partial charge is 0.573 e. The summed E-state index contributed by atoms with van der Waals surface area (Å²) in [6.45, 7) is 9.25. The number of ether oxygens (including phenoxy) is 1. The maximum atomic E-state index is 12.3. The van der Waals surface area contributed by atoms with Gasteiger partial charge in [-0.2, -0.15) is 5.26 Å². The van der Waals surface area contributed by atoms with Crippen LogP contribution < -0.4 is 10.1 Å². The maximum absolute atomic E-state index is 12.3. The summed E-state index contributed by atoms with van der Waals surface area (Å²) >= 11 is 0. The Kier molecular flexibility index (Phi) is 7.49. The molecule has 1 atom stereocenters. The average Bonchev–Trinajstić information content (AvgIpc) is 2.63. The molecule has 1 aromatic carbocycles. The van der Waals surface area contributed by atoms with E-state index in [1.807, 2.05) is 18.7 Å². The molecule has 1 fully saturated rings. The molecule has 1 aliphatic rings. The van der Waals surface area contributed by atoms with E-state index < -0.39 is 11.9 Å². The van der Waals surface area contributed by atoms with E-state index in [2.05, 4.69) is 21.0 Å². The summed E-state index contributed by atoms with van der Waals surface area (Å²) in [4.78, 5) is 16.5. The van der Waals surface area contributed by atoms with Crippen molar-refractivity contribution in [3.63, 3.8) is 0 Å². The zero-order chi connectivity index (χ0) is 21.7. The average molecular weight is 412 g/mol. The van der Waals surface area contributed by atoms with Crippen LogP contribution in [0.5, 0.6) is 5.75 Å². The lowest BCUT2D eigenvalue weighted by atomic mass is 9.90. The van der Waals surface area contributed by atoms with Crippen LogP contribution in [0.3, 0.4) is 0 Å². The van der Waals surface area contributed by atoms with Gasteiger partial charge in [0.25, 0.3) is 0 Å². The lowest BCUT2D eigenvalue weighted by Gasteiger charge is -2.35. The molecule has 29 heavy (non-hydrogen) atoms. The Morgan fingerprint density at radius 1 is 1.17 bits per heavy atom. The minimum absolute atomic E-state index is 0.00113. The Morgan fingerprint density at radius 3 is 2.21 bits per heavy atom. The Labute approximate surface area is 169 Å². The van der Waals surface area contributed by atoms with Crippen LogP contribution in [0.25, 0.3) is 0 Å². The summed E-state index contributed by atoms with van der Waals surface area (Å²) in [6, 6.07) is 8.03. The molecule has 0 aromatic heterocycles. The van der Waals surface area contributed by atoms with Crippen LogP contribution in [0, 0.1) is 17.2 Å². The normalized spacial score (nSPS) is 18.1. The van der Waals surface area contributed by atoms with Crippen molar-refractivity contribution in [2.45, 2.75) is 39.2 Å². The van der Waals surface area contributed by atoms with Gasteiger partial charge in [-0.1, -0.05) is 26.0 Å². The number of rotatable bonds is 7. The molecule has 0 bridgehead atoms. The van der Waals surface area contributed by atoms with E-state index in [-0.39, 0.29) is 24.1 Å². The standard InChI is InChI=1S/C20H27F3N4O2/c1-15(2)19(3,14-24)25-18(28)13-27-10-8-26(9-11-27)12-16-4-6-17(7-5-16)29-20(21,22)23/h4-7,15H,8-13H2,1-3H3,(H,25,28)/t19-/m1/s1. The van der Waals surface area contributed by atoms with Crippen molar-refractivity contribution in [1.29, 1.82) is 5.26 Å². The molecule has 1 N–H and O–H groups in total. The van der Waals surface area contributed by atoms with E-state index in [0.717, 1.165) is 18.7 Å². The van der Waals surface area contributed by atoms with Crippen molar-refractivity contribution in [3.05, 3.63) is 29.8 Å². The van der Waals surface area contributed by atoms with E-state index in [9.17, 15) is 23.2 Å². The third kappa shape index (κ3) is 7.22. The molecule has 0 aliphatic carbocycles. The Bertz CT molecular complexity index is 723. The molecule has 1 amide bonds. The lowest BCUT2D eigenvalue weighted by molar-refractivity contribution is -0.274. The van der Waals surface area contributed by atoms with Crippen LogP contribution >= 0.6 is 0 Å². The van der Waals surface area contributed by atoms with E-state index in [0.29, 0.717) is 19.6 Å². The van der Waals surface area contributed by atoms with Gasteiger partial charge in [0.05, 0.1) is 12.6 Å². The first-order valence-electron chi connectivity index (χ1n) is 9.52. The Balaban J connectivity index is 1.78. The molecule has 0 unspecified atom stereocenters. The Hall–Kier alpha value is -2.31. The third-order valence-corrected chi connectivity index (χ3v) is 5.18. The highest BCUT2D eigenvalue weighted by Crippen LogP contribution is 2.23. The van der Waals surface area contributed by atoms with Gasteiger partial charge in [-0.05, 0) is 30.5 Å². The summed E-state index contributed by atoms with van der Waals surface area (Å²) < 4.78 is 40.5. The topological polar surface area (TPSA) is 68.6 Å². The lowest BCUT2D eigenvalue weighted by Crippen LogP contribution is -2.54. The zero-order valence-electron chi connectivity index (χ0n) is 16.9. The van der Waals surface area contributed by atoms with Gasteiger partial charge in [0.1, 0.15) is 11.3 Å². The molecule has 9 heteroatoms. The van der Waals surface area contributed by atoms with Crippen molar-refractivity contribution in [2.75, 3.05) is 32.7 Å². The fourth-order valence-corrected chi connectivity index (χ4v) is 2.99. The summed E-state index contributed by atoms with van der Waals surface area (Å²) in [5.74, 6) is -0.402. The van der Waals surface area contributed by atoms with Crippen molar-refractivity contribution >= 4 is 5.91 Å². The third-order valence-electron chi connectivity index (χ3n) is 5.18. The van der Waals surface area contributed by atoms with E-state index >= 15 is 0 Å². The maximum Gasteiger partial charge on any atom is 0.573 e. The number of alkyl halides is 3. The predicted molar refractivity (Wildman–Crippen MR) is 102 cm³/mol. The molecule has 160 valence electrons. The van der Waals surface area contributed by atoms with Crippen LogP contribution in [0.1, 0.15) is 26.3 Å². The summed E-state index contributed by atoms with van der Waals surface area (Å²) in [5.41, 5.74) is 0.00778. The van der Waals surface area contributed by atoms with Gasteiger partial charge in [-0.15, -0.1) is 13.2 Å². The minimum Gasteiger partial charge on any atom is -0.406 e. The highest BCUT2D eigenvalue weighted by Gasteiger charge is 2.32. The second kappa shape index (κ2) is 9.46. The number of piperazine rings is 1. The molecule has 1 saturated heterocycles. The fourth-order valence-electron chi connectivity index (χ4n) is 2.99. The van der Waals surface area contributed by atoms with Crippen molar-refractivity contribution in [2.24, 2.45) is 5.92 Å².